The highest BCUT2D eigenvalue weighted by molar-refractivity contribution is 5.66. The average molecular weight is 433 g/mol. The molecule has 0 radical (unpaired) electrons. The van der Waals surface area contributed by atoms with E-state index in [1.54, 1.807) is 7.11 Å². The Morgan fingerprint density at radius 3 is 2.56 bits per heavy atom. The van der Waals surface area contributed by atoms with E-state index in [4.69, 9.17) is 9.72 Å². The maximum atomic E-state index is 5.11. The fraction of sp³-hybridized carbons (Fsp3) is 0.440. The molecule has 3 aromatic rings. The van der Waals surface area contributed by atoms with E-state index in [9.17, 15) is 0 Å². The van der Waals surface area contributed by atoms with Crippen molar-refractivity contribution in [3.05, 3.63) is 66.0 Å². The van der Waals surface area contributed by atoms with Gasteiger partial charge >= 0.3 is 0 Å². The van der Waals surface area contributed by atoms with Gasteiger partial charge in [0.1, 0.15) is 5.82 Å². The first-order valence-corrected chi connectivity index (χ1v) is 11.2. The number of piperidine rings is 1. The van der Waals surface area contributed by atoms with Crippen molar-refractivity contribution in [1.29, 1.82) is 0 Å². The number of hydrogen-bond donors (Lipinski definition) is 0. The van der Waals surface area contributed by atoms with E-state index in [1.807, 2.05) is 43.7 Å². The summed E-state index contributed by atoms with van der Waals surface area (Å²) in [5.41, 5.74) is 4.59. The van der Waals surface area contributed by atoms with Crippen LogP contribution in [0.25, 0.3) is 11.1 Å². The molecule has 32 heavy (non-hydrogen) atoms. The van der Waals surface area contributed by atoms with Crippen molar-refractivity contribution < 1.29 is 4.74 Å². The average Bonchev–Trinajstić information content (AvgIpc) is 2.84. The number of likely N-dealkylation sites (tertiary alicyclic amines) is 1. The van der Waals surface area contributed by atoms with Gasteiger partial charge in [-0.2, -0.15) is 0 Å². The lowest BCUT2D eigenvalue weighted by Crippen LogP contribution is -2.34. The molecule has 2 aromatic heterocycles. The molecule has 1 aromatic carbocycles. The van der Waals surface area contributed by atoms with E-state index in [0.29, 0.717) is 12.5 Å². The summed E-state index contributed by atoms with van der Waals surface area (Å²) in [5.74, 6) is 1.95. The van der Waals surface area contributed by atoms with Crippen LogP contribution < -0.4 is 4.90 Å². The Bertz CT molecular complexity index is 993. The molecule has 0 aliphatic carbocycles. The molecule has 0 spiro atoms. The molecule has 1 saturated heterocycles. The fourth-order valence-corrected chi connectivity index (χ4v) is 4.22. The maximum Gasteiger partial charge on any atom is 0.225 e. The van der Waals surface area contributed by atoms with Crippen molar-refractivity contribution in [2.24, 2.45) is 0 Å². The summed E-state index contributed by atoms with van der Waals surface area (Å²) in [6.07, 6.45) is 8.91. The lowest BCUT2D eigenvalue weighted by atomic mass is 9.90. The molecule has 0 amide bonds. The molecule has 1 atom stereocenters. The topological polar surface area (TPSA) is 67.3 Å². The van der Waals surface area contributed by atoms with Crippen LogP contribution in [0.1, 0.15) is 35.8 Å². The molecule has 168 valence electrons. The van der Waals surface area contributed by atoms with Gasteiger partial charge < -0.3 is 9.64 Å². The lowest BCUT2D eigenvalue weighted by molar-refractivity contribution is 0.197. The van der Waals surface area contributed by atoms with Crippen LogP contribution in [0.4, 0.5) is 5.95 Å². The van der Waals surface area contributed by atoms with Gasteiger partial charge in [-0.05, 0) is 24.9 Å². The molecule has 7 nitrogen and oxygen atoms in total. The van der Waals surface area contributed by atoms with Crippen molar-refractivity contribution in [1.82, 2.24) is 24.8 Å². The largest absolute Gasteiger partial charge is 0.384 e. The van der Waals surface area contributed by atoms with E-state index in [0.717, 1.165) is 67.5 Å². The number of nitrogens with zero attached hydrogens (tertiary/aromatic N) is 6. The quantitative estimate of drug-likeness (QED) is 0.539. The smallest absolute Gasteiger partial charge is 0.225 e. The second kappa shape index (κ2) is 10.6. The van der Waals surface area contributed by atoms with E-state index < -0.39 is 0 Å². The summed E-state index contributed by atoms with van der Waals surface area (Å²) in [4.78, 5) is 23.1. The number of rotatable bonds is 8. The van der Waals surface area contributed by atoms with Crippen LogP contribution in [0.2, 0.25) is 0 Å². The normalized spacial score (nSPS) is 16.8. The highest BCUT2D eigenvalue weighted by Gasteiger charge is 2.26. The SMILES string of the molecule is COCCc1ncc(CN2CCCC(c3nc(N(C)C)ncc3-c3ccccc3)C2)cn1. The fourth-order valence-electron chi connectivity index (χ4n) is 4.22. The molecule has 3 heterocycles. The third-order valence-electron chi connectivity index (χ3n) is 5.88. The van der Waals surface area contributed by atoms with Crippen LogP contribution in [0.15, 0.2) is 48.9 Å². The maximum absolute atomic E-state index is 5.11. The minimum Gasteiger partial charge on any atom is -0.384 e. The Balaban J connectivity index is 1.53. The standard InChI is InChI=1S/C25H32N6O/c1-30(2)25-28-16-22(20-8-5-4-6-9-20)24(29-25)21-10-7-12-31(18-21)17-19-14-26-23(27-15-19)11-13-32-3/h4-6,8-9,14-16,21H,7,10-13,17-18H2,1-3H3. The first-order chi connectivity index (χ1) is 15.6. The minimum absolute atomic E-state index is 0.363. The van der Waals surface area contributed by atoms with E-state index in [-0.39, 0.29) is 0 Å². The Morgan fingerprint density at radius 2 is 1.84 bits per heavy atom. The van der Waals surface area contributed by atoms with Crippen LogP contribution in [0.5, 0.6) is 0 Å². The van der Waals surface area contributed by atoms with Crippen molar-refractivity contribution in [2.75, 3.05) is 45.8 Å². The molecule has 0 N–H and O–H groups in total. The van der Waals surface area contributed by atoms with Gasteiger partial charge in [0, 0.05) is 76.4 Å². The van der Waals surface area contributed by atoms with Crippen LogP contribution in [0, 0.1) is 0 Å². The predicted molar refractivity (Wildman–Crippen MR) is 127 cm³/mol. The van der Waals surface area contributed by atoms with Gasteiger partial charge in [-0.1, -0.05) is 30.3 Å². The molecule has 1 fully saturated rings. The molecular weight excluding hydrogens is 400 g/mol. The third-order valence-corrected chi connectivity index (χ3v) is 5.88. The van der Waals surface area contributed by atoms with Gasteiger partial charge in [0.25, 0.3) is 0 Å². The van der Waals surface area contributed by atoms with Gasteiger partial charge in [-0.15, -0.1) is 0 Å². The Hall–Kier alpha value is -2.90. The summed E-state index contributed by atoms with van der Waals surface area (Å²) < 4.78 is 5.11. The molecular formula is C25H32N6O. The zero-order chi connectivity index (χ0) is 22.3. The summed E-state index contributed by atoms with van der Waals surface area (Å²) in [6.45, 7) is 3.54. The molecule has 1 unspecified atom stereocenters. The zero-order valence-electron chi connectivity index (χ0n) is 19.2. The Kier molecular flexibility index (Phi) is 7.39. The third kappa shape index (κ3) is 5.47. The molecule has 1 aliphatic rings. The molecule has 4 rings (SSSR count). The van der Waals surface area contributed by atoms with E-state index in [2.05, 4.69) is 44.1 Å². The van der Waals surface area contributed by atoms with Crippen molar-refractivity contribution in [3.63, 3.8) is 0 Å². The second-order valence-electron chi connectivity index (χ2n) is 8.55. The summed E-state index contributed by atoms with van der Waals surface area (Å²) in [5, 5.41) is 0. The van der Waals surface area contributed by atoms with Crippen LogP contribution >= 0.6 is 0 Å². The summed E-state index contributed by atoms with van der Waals surface area (Å²) in [6, 6.07) is 10.5. The predicted octanol–water partition coefficient (Wildman–Crippen LogP) is 3.57. The van der Waals surface area contributed by atoms with Crippen molar-refractivity contribution in [3.8, 4) is 11.1 Å². The molecule has 0 bridgehead atoms. The zero-order valence-corrected chi connectivity index (χ0v) is 19.2. The number of benzene rings is 1. The van der Waals surface area contributed by atoms with Crippen molar-refractivity contribution in [2.45, 2.75) is 31.7 Å². The van der Waals surface area contributed by atoms with Gasteiger partial charge in [-0.25, -0.2) is 19.9 Å². The Labute approximate surface area is 190 Å². The lowest BCUT2D eigenvalue weighted by Gasteiger charge is -2.33. The highest BCUT2D eigenvalue weighted by Crippen LogP contribution is 2.34. The van der Waals surface area contributed by atoms with Gasteiger partial charge in [0.2, 0.25) is 5.95 Å². The highest BCUT2D eigenvalue weighted by atomic mass is 16.5. The van der Waals surface area contributed by atoms with E-state index in [1.165, 1.54) is 5.56 Å². The summed E-state index contributed by atoms with van der Waals surface area (Å²) >= 11 is 0. The van der Waals surface area contributed by atoms with Crippen LogP contribution in [-0.2, 0) is 17.7 Å². The molecule has 7 heteroatoms. The number of anilines is 1. The number of hydrogen-bond acceptors (Lipinski definition) is 7. The number of ether oxygens (including phenoxy) is 1. The number of aromatic nitrogens is 4. The summed E-state index contributed by atoms with van der Waals surface area (Å²) in [7, 11) is 5.68. The van der Waals surface area contributed by atoms with Crippen LogP contribution in [0.3, 0.4) is 0 Å². The minimum atomic E-state index is 0.363. The monoisotopic (exact) mass is 432 g/mol. The first-order valence-electron chi connectivity index (χ1n) is 11.2. The molecule has 1 aliphatic heterocycles. The number of methoxy groups -OCH3 is 1. The second-order valence-corrected chi connectivity index (χ2v) is 8.55. The van der Waals surface area contributed by atoms with Gasteiger partial charge in [-0.3, -0.25) is 4.90 Å². The van der Waals surface area contributed by atoms with Gasteiger partial charge in [0.05, 0.1) is 12.3 Å². The van der Waals surface area contributed by atoms with Crippen LogP contribution in [-0.4, -0.2) is 65.7 Å². The van der Waals surface area contributed by atoms with E-state index >= 15 is 0 Å². The van der Waals surface area contributed by atoms with Crippen molar-refractivity contribution >= 4 is 5.95 Å². The Morgan fingerprint density at radius 1 is 1.06 bits per heavy atom. The first kappa shape index (κ1) is 22.3. The molecule has 0 saturated carbocycles. The van der Waals surface area contributed by atoms with Gasteiger partial charge in [0.15, 0.2) is 0 Å².